The van der Waals surface area contributed by atoms with Crippen LogP contribution in [0.15, 0.2) is 24.0 Å². The number of thiazole rings is 1. The predicted molar refractivity (Wildman–Crippen MR) is 101 cm³/mol. The highest BCUT2D eigenvalue weighted by Crippen LogP contribution is 2.35. The zero-order chi connectivity index (χ0) is 18.3. The van der Waals surface area contributed by atoms with Gasteiger partial charge < -0.3 is 5.32 Å². The van der Waals surface area contributed by atoms with Gasteiger partial charge in [-0.15, -0.1) is 11.3 Å². The van der Waals surface area contributed by atoms with E-state index in [1.54, 1.807) is 28.4 Å². The SMILES string of the molecule is CC(c1nccs1)n1cc(NC(=O)c2n[nH]c3c2CCC(C)(C)C3)cn1. The predicted octanol–water partition coefficient (Wildman–Crippen LogP) is 3.44. The lowest BCUT2D eigenvalue weighted by Gasteiger charge is -2.28. The summed E-state index contributed by atoms with van der Waals surface area (Å²) in [6, 6.07) is 0.0287. The molecule has 0 spiro atoms. The smallest absolute Gasteiger partial charge is 0.276 e. The molecule has 4 rings (SSSR count). The molecule has 0 radical (unpaired) electrons. The molecule has 8 heteroatoms. The molecule has 0 fully saturated rings. The van der Waals surface area contributed by atoms with Gasteiger partial charge in [0.2, 0.25) is 0 Å². The van der Waals surface area contributed by atoms with Gasteiger partial charge in [-0.2, -0.15) is 10.2 Å². The van der Waals surface area contributed by atoms with Crippen LogP contribution in [0.2, 0.25) is 0 Å². The van der Waals surface area contributed by atoms with Gasteiger partial charge in [-0.25, -0.2) is 4.98 Å². The first-order chi connectivity index (χ1) is 12.4. The second kappa shape index (κ2) is 6.35. The number of fused-ring (bicyclic) bond motifs is 1. The minimum Gasteiger partial charge on any atom is -0.318 e. The Morgan fingerprint density at radius 1 is 1.46 bits per heavy atom. The number of rotatable bonds is 4. The molecule has 3 aromatic heterocycles. The quantitative estimate of drug-likeness (QED) is 0.736. The third kappa shape index (κ3) is 3.16. The Kier molecular flexibility index (Phi) is 4.14. The van der Waals surface area contributed by atoms with Crippen molar-refractivity contribution in [1.29, 1.82) is 0 Å². The van der Waals surface area contributed by atoms with E-state index in [0.717, 1.165) is 35.5 Å². The van der Waals surface area contributed by atoms with E-state index in [0.29, 0.717) is 11.4 Å². The first-order valence-electron chi connectivity index (χ1n) is 8.74. The summed E-state index contributed by atoms with van der Waals surface area (Å²) in [4.78, 5) is 17.0. The van der Waals surface area contributed by atoms with Crippen molar-refractivity contribution >= 4 is 22.9 Å². The van der Waals surface area contributed by atoms with Crippen LogP contribution < -0.4 is 5.32 Å². The molecule has 1 unspecified atom stereocenters. The van der Waals surface area contributed by atoms with Crippen LogP contribution in [0.5, 0.6) is 0 Å². The largest absolute Gasteiger partial charge is 0.318 e. The highest BCUT2D eigenvalue weighted by Gasteiger charge is 2.30. The van der Waals surface area contributed by atoms with Gasteiger partial charge in [0.05, 0.1) is 11.9 Å². The molecule has 1 aliphatic rings. The Balaban J connectivity index is 1.49. The molecule has 7 nitrogen and oxygen atoms in total. The van der Waals surface area contributed by atoms with Crippen LogP contribution in [0, 0.1) is 5.41 Å². The van der Waals surface area contributed by atoms with E-state index in [1.165, 1.54) is 0 Å². The third-order valence-corrected chi connectivity index (χ3v) is 5.89. The fourth-order valence-electron chi connectivity index (χ4n) is 3.39. The monoisotopic (exact) mass is 370 g/mol. The number of aromatic nitrogens is 5. The molecule has 2 N–H and O–H groups in total. The zero-order valence-corrected chi connectivity index (χ0v) is 15.9. The van der Waals surface area contributed by atoms with Crippen molar-refractivity contribution in [2.45, 2.75) is 46.1 Å². The molecule has 0 bridgehead atoms. The van der Waals surface area contributed by atoms with Crippen molar-refractivity contribution in [2.75, 3.05) is 5.32 Å². The first kappa shape index (κ1) is 17.0. The first-order valence-corrected chi connectivity index (χ1v) is 9.62. The van der Waals surface area contributed by atoms with Gasteiger partial charge in [-0.3, -0.25) is 14.6 Å². The summed E-state index contributed by atoms with van der Waals surface area (Å²) in [6.45, 7) is 6.52. The molecule has 1 atom stereocenters. The van der Waals surface area contributed by atoms with Crippen LogP contribution in [0.4, 0.5) is 5.69 Å². The topological polar surface area (TPSA) is 88.5 Å². The molecule has 3 aromatic rings. The zero-order valence-electron chi connectivity index (χ0n) is 15.1. The Hall–Kier alpha value is -2.48. The maximum absolute atomic E-state index is 12.7. The van der Waals surface area contributed by atoms with Crippen LogP contribution in [-0.4, -0.2) is 30.9 Å². The van der Waals surface area contributed by atoms with E-state index >= 15 is 0 Å². The van der Waals surface area contributed by atoms with Gasteiger partial charge in [0.25, 0.3) is 5.91 Å². The molecule has 26 heavy (non-hydrogen) atoms. The number of carbonyl (C=O) groups is 1. The molecule has 1 aliphatic carbocycles. The highest BCUT2D eigenvalue weighted by molar-refractivity contribution is 7.09. The number of aromatic amines is 1. The molecular weight excluding hydrogens is 348 g/mol. The minimum absolute atomic E-state index is 0.0287. The molecular formula is C18H22N6OS. The minimum atomic E-state index is -0.191. The Morgan fingerprint density at radius 3 is 3.08 bits per heavy atom. The molecule has 3 heterocycles. The van der Waals surface area contributed by atoms with Gasteiger partial charge in [0, 0.05) is 29.0 Å². The van der Waals surface area contributed by atoms with Crippen molar-refractivity contribution in [3.05, 3.63) is 45.9 Å². The van der Waals surface area contributed by atoms with Crippen molar-refractivity contribution in [3.8, 4) is 0 Å². The average Bonchev–Trinajstić information content (AvgIpc) is 3.33. The van der Waals surface area contributed by atoms with Gasteiger partial charge in [-0.05, 0) is 31.6 Å². The summed E-state index contributed by atoms with van der Waals surface area (Å²) < 4.78 is 1.80. The number of H-pyrrole nitrogens is 1. The molecule has 1 amide bonds. The summed E-state index contributed by atoms with van der Waals surface area (Å²) in [5, 5.41) is 17.5. The van der Waals surface area contributed by atoms with E-state index < -0.39 is 0 Å². The molecule has 0 aliphatic heterocycles. The van der Waals surface area contributed by atoms with Crippen molar-refractivity contribution in [2.24, 2.45) is 5.41 Å². The van der Waals surface area contributed by atoms with Crippen LogP contribution in [0.25, 0.3) is 0 Å². The summed E-state index contributed by atoms with van der Waals surface area (Å²) in [7, 11) is 0. The fourth-order valence-corrected chi connectivity index (χ4v) is 4.08. The maximum Gasteiger partial charge on any atom is 0.276 e. The lowest BCUT2D eigenvalue weighted by atomic mass is 9.76. The molecule has 136 valence electrons. The van der Waals surface area contributed by atoms with E-state index in [1.807, 2.05) is 18.5 Å². The standard InChI is InChI=1S/C18H22N6OS/c1-11(17-19-6-7-26-17)24-10-12(9-20-24)21-16(25)15-13-4-5-18(2,3)8-14(13)22-23-15/h6-7,9-11H,4-5,8H2,1-3H3,(H,21,25)(H,22,23). The lowest BCUT2D eigenvalue weighted by molar-refractivity contribution is 0.102. The fraction of sp³-hybridized carbons (Fsp3) is 0.444. The van der Waals surface area contributed by atoms with Crippen LogP contribution in [0.1, 0.15) is 60.0 Å². The van der Waals surface area contributed by atoms with E-state index in [2.05, 4.69) is 39.4 Å². The third-order valence-electron chi connectivity index (χ3n) is 4.94. The molecule has 0 aromatic carbocycles. The van der Waals surface area contributed by atoms with E-state index in [-0.39, 0.29) is 17.4 Å². The number of anilines is 1. The van der Waals surface area contributed by atoms with Gasteiger partial charge in [0.1, 0.15) is 11.0 Å². The van der Waals surface area contributed by atoms with Crippen LogP contribution >= 0.6 is 11.3 Å². The lowest BCUT2D eigenvalue weighted by Crippen LogP contribution is -2.23. The van der Waals surface area contributed by atoms with Crippen molar-refractivity contribution < 1.29 is 4.79 Å². The Labute approximate surface area is 155 Å². The van der Waals surface area contributed by atoms with E-state index in [9.17, 15) is 4.79 Å². The normalized spacial score (nSPS) is 16.9. The maximum atomic E-state index is 12.7. The number of hydrogen-bond donors (Lipinski definition) is 2. The summed E-state index contributed by atoms with van der Waals surface area (Å²) in [6.07, 6.45) is 8.12. The highest BCUT2D eigenvalue weighted by atomic mass is 32.1. The van der Waals surface area contributed by atoms with Crippen LogP contribution in [-0.2, 0) is 12.8 Å². The number of hydrogen-bond acceptors (Lipinski definition) is 5. The van der Waals surface area contributed by atoms with Gasteiger partial charge >= 0.3 is 0 Å². The summed E-state index contributed by atoms with van der Waals surface area (Å²) in [5.41, 5.74) is 3.53. The van der Waals surface area contributed by atoms with E-state index in [4.69, 9.17) is 0 Å². The second-order valence-electron chi connectivity index (χ2n) is 7.58. The molecule has 0 saturated heterocycles. The summed E-state index contributed by atoms with van der Waals surface area (Å²) in [5.74, 6) is -0.191. The Bertz CT molecular complexity index is 924. The number of nitrogens with zero attached hydrogens (tertiary/aromatic N) is 4. The molecule has 0 saturated carbocycles. The second-order valence-corrected chi connectivity index (χ2v) is 8.51. The Morgan fingerprint density at radius 2 is 2.31 bits per heavy atom. The van der Waals surface area contributed by atoms with Crippen molar-refractivity contribution in [1.82, 2.24) is 25.0 Å². The number of amides is 1. The van der Waals surface area contributed by atoms with Gasteiger partial charge in [-0.1, -0.05) is 13.8 Å². The average molecular weight is 370 g/mol. The van der Waals surface area contributed by atoms with Crippen molar-refractivity contribution in [3.63, 3.8) is 0 Å². The summed E-state index contributed by atoms with van der Waals surface area (Å²) >= 11 is 1.59. The number of nitrogens with one attached hydrogen (secondary N) is 2. The number of carbonyl (C=O) groups excluding carboxylic acids is 1. The van der Waals surface area contributed by atoms with Gasteiger partial charge in [0.15, 0.2) is 5.69 Å². The van der Waals surface area contributed by atoms with Crippen LogP contribution in [0.3, 0.4) is 0 Å².